The normalized spacial score (nSPS) is 39.8. The minimum absolute atomic E-state index is 0.00939. The van der Waals surface area contributed by atoms with Crippen LogP contribution in [0.15, 0.2) is 11.6 Å². The zero-order chi connectivity index (χ0) is 24.0. The average molecular weight is 461 g/mol. The molecule has 0 aromatic rings. The third-order valence-corrected chi connectivity index (χ3v) is 9.34. The van der Waals surface area contributed by atoms with Crippen LogP contribution in [0.5, 0.6) is 0 Å². The van der Waals surface area contributed by atoms with Gasteiger partial charge in [0, 0.05) is 24.2 Å². The van der Waals surface area contributed by atoms with E-state index in [-0.39, 0.29) is 54.2 Å². The predicted molar refractivity (Wildman–Crippen MR) is 119 cm³/mol. The van der Waals surface area contributed by atoms with Crippen molar-refractivity contribution in [3.8, 4) is 0 Å². The zero-order valence-corrected chi connectivity index (χ0v) is 20.0. The summed E-state index contributed by atoms with van der Waals surface area (Å²) in [6, 6.07) is 0. The smallest absolute Gasteiger partial charge is 0.434 e. The van der Waals surface area contributed by atoms with Gasteiger partial charge in [-0.15, -0.1) is 0 Å². The van der Waals surface area contributed by atoms with E-state index in [0.717, 1.165) is 24.8 Å². The summed E-state index contributed by atoms with van der Waals surface area (Å²) in [6.07, 6.45) is 6.10. The Morgan fingerprint density at radius 1 is 1.15 bits per heavy atom. The Morgan fingerprint density at radius 3 is 2.61 bits per heavy atom. The van der Waals surface area contributed by atoms with Crippen molar-refractivity contribution in [3.63, 3.8) is 0 Å². The summed E-state index contributed by atoms with van der Waals surface area (Å²) in [7, 11) is 0. The zero-order valence-electron chi connectivity index (χ0n) is 20.0. The van der Waals surface area contributed by atoms with E-state index in [1.165, 1.54) is 0 Å². The number of ketones is 3. The van der Waals surface area contributed by atoms with Crippen molar-refractivity contribution >= 4 is 23.5 Å². The monoisotopic (exact) mass is 460 g/mol. The van der Waals surface area contributed by atoms with Crippen LogP contribution in [0.2, 0.25) is 0 Å². The van der Waals surface area contributed by atoms with Gasteiger partial charge in [0.1, 0.15) is 12.4 Å². The van der Waals surface area contributed by atoms with Crippen LogP contribution in [-0.4, -0.2) is 47.4 Å². The van der Waals surface area contributed by atoms with E-state index in [0.29, 0.717) is 25.7 Å². The molecular formula is C26H36O7. The Balaban J connectivity index is 1.67. The number of hydrogen-bond acceptors (Lipinski definition) is 7. The summed E-state index contributed by atoms with van der Waals surface area (Å²) in [4.78, 5) is 51.5. The van der Waals surface area contributed by atoms with Gasteiger partial charge in [-0.3, -0.25) is 14.4 Å². The molecule has 0 amide bonds. The molecule has 3 fully saturated rings. The standard InChI is InChI=1S/C26H36O7/c1-4-5-12-32-23(31)33-26(21(30)15-27)11-9-19-18-7-6-16-13-17(28)8-10-24(16,2)22(18)20(29)14-25(19,26)3/h13,18-19,22,27H,4-12,14-15H2,1-3H3/t18-,19-,22+,24-,25-,26-/m0/s1. The fourth-order valence-corrected chi connectivity index (χ4v) is 7.65. The first-order valence-electron chi connectivity index (χ1n) is 12.4. The molecule has 0 spiro atoms. The van der Waals surface area contributed by atoms with Gasteiger partial charge in [0.2, 0.25) is 5.78 Å². The molecule has 1 N–H and O–H groups in total. The molecule has 4 rings (SSSR count). The summed E-state index contributed by atoms with van der Waals surface area (Å²) in [6.45, 7) is 5.43. The third-order valence-electron chi connectivity index (χ3n) is 9.34. The number of Topliss-reactive ketones (excluding diaryl/α,β-unsaturated/α-hetero) is 2. The molecule has 182 valence electrons. The van der Waals surface area contributed by atoms with E-state index in [9.17, 15) is 24.3 Å². The number of ether oxygens (including phenoxy) is 2. The molecule has 7 nitrogen and oxygen atoms in total. The minimum Gasteiger partial charge on any atom is -0.434 e. The Kier molecular flexibility index (Phi) is 6.31. The second kappa shape index (κ2) is 8.64. The number of rotatable bonds is 6. The molecule has 7 heteroatoms. The first-order chi connectivity index (χ1) is 15.6. The maximum atomic E-state index is 13.8. The van der Waals surface area contributed by atoms with E-state index in [1.807, 2.05) is 13.8 Å². The van der Waals surface area contributed by atoms with Crippen molar-refractivity contribution in [1.29, 1.82) is 0 Å². The number of allylic oxidation sites excluding steroid dienone is 1. The Labute approximate surface area is 195 Å². The fourth-order valence-electron chi connectivity index (χ4n) is 7.65. The topological polar surface area (TPSA) is 107 Å². The lowest BCUT2D eigenvalue weighted by Crippen LogP contribution is -2.62. The van der Waals surface area contributed by atoms with Crippen LogP contribution >= 0.6 is 0 Å². The summed E-state index contributed by atoms with van der Waals surface area (Å²) >= 11 is 0. The third kappa shape index (κ3) is 3.58. The van der Waals surface area contributed by atoms with Crippen LogP contribution in [0.3, 0.4) is 0 Å². The van der Waals surface area contributed by atoms with Gasteiger partial charge < -0.3 is 14.6 Å². The van der Waals surface area contributed by atoms with Gasteiger partial charge in [-0.25, -0.2) is 4.79 Å². The number of aliphatic hydroxyl groups is 1. The van der Waals surface area contributed by atoms with Crippen LogP contribution in [0.25, 0.3) is 0 Å². The van der Waals surface area contributed by atoms with Gasteiger partial charge in [0.05, 0.1) is 6.61 Å². The molecule has 4 aliphatic carbocycles. The number of fused-ring (bicyclic) bond motifs is 5. The molecule has 0 unspecified atom stereocenters. The number of carbonyl (C=O) groups excluding carboxylic acids is 4. The summed E-state index contributed by atoms with van der Waals surface area (Å²) in [5.74, 6) is -0.481. The van der Waals surface area contributed by atoms with Crippen molar-refractivity contribution in [2.24, 2.45) is 28.6 Å². The van der Waals surface area contributed by atoms with Gasteiger partial charge in [0.15, 0.2) is 11.4 Å². The molecule has 6 atom stereocenters. The maximum Gasteiger partial charge on any atom is 0.509 e. The molecule has 0 aromatic heterocycles. The lowest BCUT2D eigenvalue weighted by Gasteiger charge is -2.57. The Hall–Kier alpha value is -2.02. The maximum absolute atomic E-state index is 13.8. The van der Waals surface area contributed by atoms with Gasteiger partial charge in [-0.05, 0) is 61.9 Å². The molecule has 0 aromatic carbocycles. The number of carbonyl (C=O) groups is 4. The highest BCUT2D eigenvalue weighted by Crippen LogP contribution is 2.67. The summed E-state index contributed by atoms with van der Waals surface area (Å²) in [5, 5.41) is 9.80. The highest BCUT2D eigenvalue weighted by atomic mass is 16.7. The second-order valence-electron chi connectivity index (χ2n) is 10.9. The highest BCUT2D eigenvalue weighted by Gasteiger charge is 2.70. The van der Waals surface area contributed by atoms with Crippen molar-refractivity contribution in [1.82, 2.24) is 0 Å². The molecule has 0 heterocycles. The molecule has 0 aliphatic heterocycles. The van der Waals surface area contributed by atoms with Crippen LogP contribution in [0.4, 0.5) is 4.79 Å². The van der Waals surface area contributed by atoms with E-state index in [2.05, 4.69) is 6.92 Å². The van der Waals surface area contributed by atoms with Gasteiger partial charge >= 0.3 is 6.16 Å². The van der Waals surface area contributed by atoms with Crippen LogP contribution < -0.4 is 0 Å². The first-order valence-corrected chi connectivity index (χ1v) is 12.4. The van der Waals surface area contributed by atoms with E-state index >= 15 is 0 Å². The first kappa shape index (κ1) is 24.1. The van der Waals surface area contributed by atoms with Crippen LogP contribution in [0, 0.1) is 28.6 Å². The van der Waals surface area contributed by atoms with E-state index < -0.39 is 29.6 Å². The SMILES string of the molecule is CCCCOC(=O)O[C@]1(C(=O)CO)CC[C@H]2[C@@H]3CCC4=CC(=O)CC[C@]4(C)[C@H]3C(=O)C[C@@]21C. The highest BCUT2D eigenvalue weighted by molar-refractivity contribution is 5.95. The fraction of sp³-hybridized carbons (Fsp3) is 0.769. The predicted octanol–water partition coefficient (Wildman–Crippen LogP) is 3.95. The van der Waals surface area contributed by atoms with Crippen molar-refractivity contribution in [2.75, 3.05) is 13.2 Å². The van der Waals surface area contributed by atoms with Gasteiger partial charge in [-0.1, -0.05) is 32.8 Å². The molecule has 33 heavy (non-hydrogen) atoms. The van der Waals surface area contributed by atoms with Gasteiger partial charge in [-0.2, -0.15) is 0 Å². The Morgan fingerprint density at radius 2 is 1.91 bits per heavy atom. The molecule has 4 aliphatic rings. The minimum atomic E-state index is -1.56. The molecule has 3 saturated carbocycles. The lowest BCUT2D eigenvalue weighted by molar-refractivity contribution is -0.174. The summed E-state index contributed by atoms with van der Waals surface area (Å²) < 4.78 is 11.0. The molecule has 0 radical (unpaired) electrons. The molecule has 0 saturated heterocycles. The second-order valence-corrected chi connectivity index (χ2v) is 10.9. The van der Waals surface area contributed by atoms with E-state index in [1.54, 1.807) is 6.08 Å². The summed E-state index contributed by atoms with van der Waals surface area (Å²) in [5.41, 5.74) is -1.70. The number of unbranched alkanes of at least 4 members (excludes halogenated alkanes) is 1. The lowest BCUT2D eigenvalue weighted by atomic mass is 9.46. The van der Waals surface area contributed by atoms with Gasteiger partial charge in [0.25, 0.3) is 0 Å². The van der Waals surface area contributed by atoms with E-state index in [4.69, 9.17) is 9.47 Å². The largest absolute Gasteiger partial charge is 0.509 e. The quantitative estimate of drug-likeness (QED) is 0.472. The Bertz CT molecular complexity index is 891. The molecule has 0 bridgehead atoms. The molecular weight excluding hydrogens is 424 g/mol. The van der Waals surface area contributed by atoms with Crippen molar-refractivity contribution in [2.45, 2.75) is 84.2 Å². The van der Waals surface area contributed by atoms with Crippen molar-refractivity contribution < 1.29 is 33.8 Å². The number of hydrogen-bond donors (Lipinski definition) is 1. The van der Waals surface area contributed by atoms with Crippen LogP contribution in [-0.2, 0) is 23.9 Å². The van der Waals surface area contributed by atoms with Crippen LogP contribution in [0.1, 0.15) is 78.6 Å². The van der Waals surface area contributed by atoms with Crippen molar-refractivity contribution in [3.05, 3.63) is 11.6 Å². The average Bonchev–Trinajstić information content (AvgIpc) is 3.06. The number of aliphatic hydroxyl groups excluding tert-OH is 1.